The van der Waals surface area contributed by atoms with Crippen molar-refractivity contribution >= 4 is 15.9 Å². The topological polar surface area (TPSA) is 22.1 Å². The lowest BCUT2D eigenvalue weighted by Gasteiger charge is -2.02. The van der Waals surface area contributed by atoms with E-state index in [-0.39, 0.29) is 0 Å². The Morgan fingerprint density at radius 2 is 2.31 bits per heavy atom. The van der Waals surface area contributed by atoms with Crippen molar-refractivity contribution in [1.29, 1.82) is 0 Å². The molecule has 1 heterocycles. The number of hydrogen-bond donors (Lipinski definition) is 0. The zero-order valence-electron chi connectivity index (χ0n) is 7.79. The largest absolute Gasteiger partial charge is 0.375 e. The molecule has 1 rings (SSSR count). The number of unbranched alkanes of at least 4 members (excludes halogenated alkanes) is 1. The van der Waals surface area contributed by atoms with Crippen LogP contribution in [0, 0.1) is 0 Å². The highest BCUT2D eigenvalue weighted by molar-refractivity contribution is 9.10. The van der Waals surface area contributed by atoms with Crippen LogP contribution in [-0.4, -0.2) is 11.6 Å². The van der Waals surface area contributed by atoms with Gasteiger partial charge >= 0.3 is 0 Å². The number of ether oxygens (including phenoxy) is 1. The van der Waals surface area contributed by atoms with Crippen LogP contribution in [0.2, 0.25) is 0 Å². The summed E-state index contributed by atoms with van der Waals surface area (Å²) in [6.45, 7) is 3.60. The van der Waals surface area contributed by atoms with Crippen LogP contribution in [0.25, 0.3) is 0 Å². The monoisotopic (exact) mass is 243 g/mol. The van der Waals surface area contributed by atoms with Crippen LogP contribution < -0.4 is 0 Å². The molecule has 0 fully saturated rings. The van der Waals surface area contributed by atoms with Gasteiger partial charge in [0.15, 0.2) is 0 Å². The molecular formula is C10H14BrNO. The van der Waals surface area contributed by atoms with Gasteiger partial charge in [-0.3, -0.25) is 4.98 Å². The van der Waals surface area contributed by atoms with Crippen LogP contribution in [0.3, 0.4) is 0 Å². The van der Waals surface area contributed by atoms with Crippen molar-refractivity contribution in [3.63, 3.8) is 0 Å². The first kappa shape index (κ1) is 10.7. The van der Waals surface area contributed by atoms with Crippen molar-refractivity contribution in [3.8, 4) is 0 Å². The summed E-state index contributed by atoms with van der Waals surface area (Å²) in [6.07, 6.45) is 4.09. The first-order chi connectivity index (χ1) is 6.33. The van der Waals surface area contributed by atoms with Gasteiger partial charge in [0.2, 0.25) is 0 Å². The predicted molar refractivity (Wildman–Crippen MR) is 56.5 cm³/mol. The molecule has 0 amide bonds. The van der Waals surface area contributed by atoms with Crippen molar-refractivity contribution in [3.05, 3.63) is 28.5 Å². The third kappa shape index (κ3) is 4.39. The molecule has 0 aliphatic heterocycles. The minimum absolute atomic E-state index is 0.618. The predicted octanol–water partition coefficient (Wildman–Crippen LogP) is 3.16. The zero-order chi connectivity index (χ0) is 9.52. The molecule has 3 heteroatoms. The standard InChI is InChI=1S/C10H14BrNO/c1-2-3-6-13-8-10-5-4-9(11)7-12-10/h4-5,7H,2-3,6,8H2,1H3. The molecule has 0 aliphatic rings. The lowest BCUT2D eigenvalue weighted by Crippen LogP contribution is -1.96. The summed E-state index contributed by atoms with van der Waals surface area (Å²) in [7, 11) is 0. The number of pyridine rings is 1. The van der Waals surface area contributed by atoms with Gasteiger partial charge in [0.05, 0.1) is 12.3 Å². The van der Waals surface area contributed by atoms with E-state index in [1.165, 1.54) is 6.42 Å². The number of nitrogens with zero attached hydrogens (tertiary/aromatic N) is 1. The third-order valence-electron chi connectivity index (χ3n) is 1.68. The molecule has 2 nitrogen and oxygen atoms in total. The molecule has 72 valence electrons. The molecule has 0 N–H and O–H groups in total. The van der Waals surface area contributed by atoms with E-state index in [4.69, 9.17) is 4.74 Å². The molecule has 0 spiro atoms. The van der Waals surface area contributed by atoms with Crippen molar-refractivity contribution in [2.75, 3.05) is 6.61 Å². The van der Waals surface area contributed by atoms with E-state index >= 15 is 0 Å². The van der Waals surface area contributed by atoms with Crippen LogP contribution in [0.15, 0.2) is 22.8 Å². The van der Waals surface area contributed by atoms with E-state index in [0.29, 0.717) is 6.61 Å². The summed E-state index contributed by atoms with van der Waals surface area (Å²) in [5, 5.41) is 0. The van der Waals surface area contributed by atoms with Crippen LogP contribution in [0.4, 0.5) is 0 Å². The molecule has 0 radical (unpaired) electrons. The van der Waals surface area contributed by atoms with E-state index in [2.05, 4.69) is 27.8 Å². The summed E-state index contributed by atoms with van der Waals surface area (Å²) < 4.78 is 6.43. The van der Waals surface area contributed by atoms with E-state index in [1.807, 2.05) is 12.1 Å². The third-order valence-corrected chi connectivity index (χ3v) is 2.15. The maximum atomic E-state index is 5.42. The fourth-order valence-electron chi connectivity index (χ4n) is 0.915. The fraction of sp³-hybridized carbons (Fsp3) is 0.500. The zero-order valence-corrected chi connectivity index (χ0v) is 9.38. The Labute approximate surface area is 87.5 Å². The molecule has 0 aromatic carbocycles. The van der Waals surface area contributed by atoms with Crippen molar-refractivity contribution in [2.45, 2.75) is 26.4 Å². The van der Waals surface area contributed by atoms with E-state index in [0.717, 1.165) is 23.2 Å². The molecule has 0 unspecified atom stereocenters. The van der Waals surface area contributed by atoms with E-state index in [9.17, 15) is 0 Å². The van der Waals surface area contributed by atoms with Gasteiger partial charge in [0, 0.05) is 17.3 Å². The molecule has 0 atom stereocenters. The van der Waals surface area contributed by atoms with Crippen LogP contribution in [0.1, 0.15) is 25.5 Å². The van der Waals surface area contributed by atoms with Gasteiger partial charge in [-0.25, -0.2) is 0 Å². The number of aromatic nitrogens is 1. The second-order valence-electron chi connectivity index (χ2n) is 2.87. The average Bonchev–Trinajstić information content (AvgIpc) is 2.15. The van der Waals surface area contributed by atoms with Gasteiger partial charge < -0.3 is 4.74 Å². The Kier molecular flexibility index (Phi) is 5.01. The van der Waals surface area contributed by atoms with Gasteiger partial charge in [-0.05, 0) is 34.5 Å². The van der Waals surface area contributed by atoms with Gasteiger partial charge in [-0.15, -0.1) is 0 Å². The molecule has 13 heavy (non-hydrogen) atoms. The highest BCUT2D eigenvalue weighted by Gasteiger charge is 1.93. The Morgan fingerprint density at radius 3 is 2.92 bits per heavy atom. The summed E-state index contributed by atoms with van der Waals surface area (Å²) in [4.78, 5) is 4.20. The fourth-order valence-corrected chi connectivity index (χ4v) is 1.15. The van der Waals surface area contributed by atoms with E-state index < -0.39 is 0 Å². The van der Waals surface area contributed by atoms with Gasteiger partial charge in [0.1, 0.15) is 0 Å². The van der Waals surface area contributed by atoms with Crippen molar-refractivity contribution < 1.29 is 4.74 Å². The highest BCUT2D eigenvalue weighted by atomic mass is 79.9. The molecule has 0 saturated heterocycles. The number of halogens is 1. The molecule has 0 aliphatic carbocycles. The normalized spacial score (nSPS) is 10.3. The molecule has 1 aromatic rings. The Balaban J connectivity index is 2.25. The molecule has 0 saturated carbocycles. The number of rotatable bonds is 5. The summed E-state index contributed by atoms with van der Waals surface area (Å²) in [6, 6.07) is 3.95. The Hall–Kier alpha value is -0.410. The smallest absolute Gasteiger partial charge is 0.0887 e. The van der Waals surface area contributed by atoms with E-state index in [1.54, 1.807) is 6.20 Å². The first-order valence-corrected chi connectivity index (χ1v) is 5.30. The number of hydrogen-bond acceptors (Lipinski definition) is 2. The minimum Gasteiger partial charge on any atom is -0.375 e. The lowest BCUT2D eigenvalue weighted by atomic mass is 10.3. The quantitative estimate of drug-likeness (QED) is 0.742. The minimum atomic E-state index is 0.618. The first-order valence-electron chi connectivity index (χ1n) is 4.51. The SMILES string of the molecule is CCCCOCc1ccc(Br)cn1. The summed E-state index contributed by atoms with van der Waals surface area (Å²) in [5.74, 6) is 0. The maximum absolute atomic E-state index is 5.42. The van der Waals surface area contributed by atoms with Crippen molar-refractivity contribution in [2.24, 2.45) is 0 Å². The van der Waals surface area contributed by atoms with Gasteiger partial charge in [-0.1, -0.05) is 13.3 Å². The summed E-state index contributed by atoms with van der Waals surface area (Å²) >= 11 is 3.34. The van der Waals surface area contributed by atoms with Crippen molar-refractivity contribution in [1.82, 2.24) is 4.98 Å². The molecule has 1 aromatic heterocycles. The average molecular weight is 244 g/mol. The maximum Gasteiger partial charge on any atom is 0.0887 e. The molecular weight excluding hydrogens is 230 g/mol. The lowest BCUT2D eigenvalue weighted by molar-refractivity contribution is 0.115. The van der Waals surface area contributed by atoms with Crippen LogP contribution >= 0.6 is 15.9 Å². The Bertz CT molecular complexity index is 235. The van der Waals surface area contributed by atoms with Crippen LogP contribution in [-0.2, 0) is 11.3 Å². The second kappa shape index (κ2) is 6.11. The molecule has 0 bridgehead atoms. The highest BCUT2D eigenvalue weighted by Crippen LogP contribution is 2.08. The van der Waals surface area contributed by atoms with Gasteiger partial charge in [-0.2, -0.15) is 0 Å². The van der Waals surface area contributed by atoms with Gasteiger partial charge in [0.25, 0.3) is 0 Å². The van der Waals surface area contributed by atoms with Crippen LogP contribution in [0.5, 0.6) is 0 Å². The summed E-state index contributed by atoms with van der Waals surface area (Å²) in [5.41, 5.74) is 0.985. The second-order valence-corrected chi connectivity index (χ2v) is 3.79. The Morgan fingerprint density at radius 1 is 1.46 bits per heavy atom.